The number of halogens is 2. The number of aromatic nitrogens is 2. The number of carbonyl (C=O) groups excluding carboxylic acids is 2. The van der Waals surface area contributed by atoms with Gasteiger partial charge in [0.2, 0.25) is 5.91 Å². The van der Waals surface area contributed by atoms with E-state index in [1.807, 2.05) is 24.3 Å². The van der Waals surface area contributed by atoms with Crippen molar-refractivity contribution in [2.24, 2.45) is 0 Å². The molecule has 2 heterocycles. The van der Waals surface area contributed by atoms with Crippen LogP contribution in [0.2, 0.25) is 0 Å². The predicted octanol–water partition coefficient (Wildman–Crippen LogP) is 1.66. The first-order chi connectivity index (χ1) is 12.5. The summed E-state index contributed by atoms with van der Waals surface area (Å²) in [4.78, 5) is 25.1. The summed E-state index contributed by atoms with van der Waals surface area (Å²) in [6, 6.07) is 8.72. The van der Waals surface area contributed by atoms with E-state index in [-0.39, 0.29) is 24.2 Å². The molecule has 1 aliphatic heterocycles. The molecular formula is C17H19F2N5O2. The number of carbonyl (C=O) groups is 2. The molecule has 0 bridgehead atoms. The third-order valence-corrected chi connectivity index (χ3v) is 4.02. The molecule has 3 rings (SSSR count). The SMILES string of the molecule is O=C(Cn1ccc(C(F)F)n1)NCc1ccc(CN2CCNC2=O)cc1. The molecule has 3 amide bonds. The molecule has 2 N–H and O–H groups in total. The Bertz CT molecular complexity index is 776. The van der Waals surface area contributed by atoms with Crippen LogP contribution in [0.4, 0.5) is 13.6 Å². The molecule has 0 aliphatic carbocycles. The Kier molecular flexibility index (Phi) is 5.45. The van der Waals surface area contributed by atoms with Crippen molar-refractivity contribution in [1.82, 2.24) is 25.3 Å². The Morgan fingerprint density at radius 1 is 1.23 bits per heavy atom. The minimum absolute atomic E-state index is 0.0602. The Hall–Kier alpha value is -2.97. The lowest BCUT2D eigenvalue weighted by atomic mass is 10.1. The lowest BCUT2D eigenvalue weighted by Crippen LogP contribution is -2.28. The lowest BCUT2D eigenvalue weighted by Gasteiger charge is -2.14. The fourth-order valence-corrected chi connectivity index (χ4v) is 2.63. The first-order valence-corrected chi connectivity index (χ1v) is 8.20. The van der Waals surface area contributed by atoms with E-state index in [2.05, 4.69) is 15.7 Å². The molecule has 7 nitrogen and oxygen atoms in total. The van der Waals surface area contributed by atoms with E-state index in [1.54, 1.807) is 4.90 Å². The van der Waals surface area contributed by atoms with Crippen molar-refractivity contribution in [1.29, 1.82) is 0 Å². The fraction of sp³-hybridized carbons (Fsp3) is 0.353. The molecular weight excluding hydrogens is 344 g/mol. The van der Waals surface area contributed by atoms with Crippen LogP contribution >= 0.6 is 0 Å². The van der Waals surface area contributed by atoms with Crippen LogP contribution in [-0.2, 0) is 24.4 Å². The molecule has 1 aromatic heterocycles. The van der Waals surface area contributed by atoms with E-state index in [0.29, 0.717) is 26.2 Å². The van der Waals surface area contributed by atoms with Crippen molar-refractivity contribution < 1.29 is 18.4 Å². The van der Waals surface area contributed by atoms with Gasteiger partial charge in [-0.25, -0.2) is 13.6 Å². The highest BCUT2D eigenvalue weighted by Gasteiger charge is 2.19. The van der Waals surface area contributed by atoms with Gasteiger partial charge in [-0.15, -0.1) is 0 Å². The molecule has 2 aromatic rings. The number of rotatable bonds is 7. The van der Waals surface area contributed by atoms with Crippen LogP contribution in [0, 0.1) is 0 Å². The third-order valence-electron chi connectivity index (χ3n) is 4.02. The van der Waals surface area contributed by atoms with Gasteiger partial charge in [-0.3, -0.25) is 9.48 Å². The summed E-state index contributed by atoms with van der Waals surface area (Å²) < 4.78 is 26.1. The molecule has 9 heteroatoms. The molecule has 1 aliphatic rings. The lowest BCUT2D eigenvalue weighted by molar-refractivity contribution is -0.122. The van der Waals surface area contributed by atoms with Crippen LogP contribution in [0.3, 0.4) is 0 Å². The number of nitrogens with zero attached hydrogens (tertiary/aromatic N) is 3. The molecule has 0 saturated carbocycles. The van der Waals surface area contributed by atoms with Gasteiger partial charge in [-0.2, -0.15) is 5.10 Å². The van der Waals surface area contributed by atoms with Gasteiger partial charge in [0.25, 0.3) is 6.43 Å². The normalized spacial score (nSPS) is 14.0. The van der Waals surface area contributed by atoms with Crippen molar-refractivity contribution in [3.05, 3.63) is 53.3 Å². The van der Waals surface area contributed by atoms with Crippen molar-refractivity contribution in [3.8, 4) is 0 Å². The topological polar surface area (TPSA) is 79.3 Å². The first-order valence-electron chi connectivity index (χ1n) is 8.20. The van der Waals surface area contributed by atoms with Gasteiger partial charge in [-0.1, -0.05) is 24.3 Å². The Morgan fingerprint density at radius 3 is 2.58 bits per heavy atom. The summed E-state index contributed by atoms with van der Waals surface area (Å²) in [7, 11) is 0. The van der Waals surface area contributed by atoms with Gasteiger partial charge in [0.15, 0.2) is 0 Å². The second-order valence-electron chi connectivity index (χ2n) is 5.99. The molecule has 1 saturated heterocycles. The average molecular weight is 363 g/mol. The molecule has 0 radical (unpaired) electrons. The van der Waals surface area contributed by atoms with Gasteiger partial charge >= 0.3 is 6.03 Å². The highest BCUT2D eigenvalue weighted by atomic mass is 19.3. The Morgan fingerprint density at radius 2 is 1.96 bits per heavy atom. The number of nitrogens with one attached hydrogen (secondary N) is 2. The monoisotopic (exact) mass is 363 g/mol. The largest absolute Gasteiger partial charge is 0.350 e. The van der Waals surface area contributed by atoms with E-state index >= 15 is 0 Å². The number of amides is 3. The number of alkyl halides is 2. The number of hydrogen-bond donors (Lipinski definition) is 2. The molecule has 1 fully saturated rings. The summed E-state index contributed by atoms with van der Waals surface area (Å²) in [5, 5.41) is 9.12. The van der Waals surface area contributed by atoms with Gasteiger partial charge < -0.3 is 15.5 Å². The van der Waals surface area contributed by atoms with Crippen molar-refractivity contribution in [2.45, 2.75) is 26.1 Å². The summed E-state index contributed by atoms with van der Waals surface area (Å²) >= 11 is 0. The van der Waals surface area contributed by atoms with Crippen LogP contribution in [0.25, 0.3) is 0 Å². The maximum atomic E-state index is 12.5. The van der Waals surface area contributed by atoms with E-state index in [1.165, 1.54) is 16.9 Å². The van der Waals surface area contributed by atoms with Crippen LogP contribution in [-0.4, -0.2) is 39.7 Å². The van der Waals surface area contributed by atoms with Gasteiger partial charge in [0.1, 0.15) is 12.2 Å². The first kappa shape index (κ1) is 17.8. The number of hydrogen-bond acceptors (Lipinski definition) is 3. The minimum atomic E-state index is -2.65. The van der Waals surface area contributed by atoms with Crippen molar-refractivity contribution >= 4 is 11.9 Å². The van der Waals surface area contributed by atoms with Crippen LogP contribution in [0.1, 0.15) is 23.2 Å². The van der Waals surface area contributed by atoms with E-state index in [4.69, 9.17) is 0 Å². The summed E-state index contributed by atoms with van der Waals surface area (Å²) in [5.74, 6) is -0.313. The smallest absolute Gasteiger partial charge is 0.317 e. The van der Waals surface area contributed by atoms with Gasteiger partial charge in [0, 0.05) is 32.4 Å². The van der Waals surface area contributed by atoms with Crippen molar-refractivity contribution in [2.75, 3.05) is 13.1 Å². The summed E-state index contributed by atoms with van der Waals surface area (Å²) in [5.41, 5.74) is 1.56. The van der Waals surface area contributed by atoms with E-state index in [0.717, 1.165) is 11.1 Å². The molecule has 0 unspecified atom stereocenters. The molecule has 0 spiro atoms. The quantitative estimate of drug-likeness (QED) is 0.785. The molecule has 26 heavy (non-hydrogen) atoms. The zero-order valence-corrected chi connectivity index (χ0v) is 14.0. The van der Waals surface area contributed by atoms with Gasteiger partial charge in [-0.05, 0) is 17.2 Å². The molecule has 1 aromatic carbocycles. The minimum Gasteiger partial charge on any atom is -0.350 e. The fourth-order valence-electron chi connectivity index (χ4n) is 2.63. The van der Waals surface area contributed by atoms with Crippen LogP contribution in [0.15, 0.2) is 36.5 Å². The Balaban J connectivity index is 1.46. The summed E-state index contributed by atoms with van der Waals surface area (Å²) in [6.45, 7) is 2.11. The highest BCUT2D eigenvalue weighted by Crippen LogP contribution is 2.15. The van der Waals surface area contributed by atoms with Gasteiger partial charge in [0.05, 0.1) is 0 Å². The maximum absolute atomic E-state index is 12.5. The second kappa shape index (κ2) is 7.94. The van der Waals surface area contributed by atoms with Crippen LogP contribution in [0.5, 0.6) is 0 Å². The van der Waals surface area contributed by atoms with E-state index < -0.39 is 6.43 Å². The molecule has 138 valence electrons. The zero-order chi connectivity index (χ0) is 18.5. The van der Waals surface area contributed by atoms with E-state index in [9.17, 15) is 18.4 Å². The van der Waals surface area contributed by atoms with Crippen LogP contribution < -0.4 is 10.6 Å². The standard InChI is InChI=1S/C17H19F2N5O2/c18-16(19)14-5-7-24(22-14)11-15(25)21-9-12-1-3-13(4-2-12)10-23-8-6-20-17(23)26/h1-5,7,16H,6,8-11H2,(H,20,26)(H,21,25). The highest BCUT2D eigenvalue weighted by molar-refractivity contribution is 5.76. The second-order valence-corrected chi connectivity index (χ2v) is 5.99. The van der Waals surface area contributed by atoms with Crippen molar-refractivity contribution in [3.63, 3.8) is 0 Å². The third kappa shape index (κ3) is 4.56. The zero-order valence-electron chi connectivity index (χ0n) is 14.0. The molecule has 0 atom stereocenters. The summed E-state index contributed by atoms with van der Waals surface area (Å²) in [6.07, 6.45) is -1.30. The number of urea groups is 1. The average Bonchev–Trinajstić information content (AvgIpc) is 3.24. The maximum Gasteiger partial charge on any atom is 0.317 e. The Labute approximate surface area is 149 Å². The predicted molar refractivity (Wildman–Crippen MR) is 89.3 cm³/mol. The number of benzene rings is 1.